The molecule has 0 spiro atoms. The summed E-state index contributed by atoms with van der Waals surface area (Å²) in [4.78, 5) is 36.7. The van der Waals surface area contributed by atoms with E-state index >= 15 is 0 Å². The Kier molecular flexibility index (Phi) is 5.90. The molecule has 8 heteroatoms. The van der Waals surface area contributed by atoms with Gasteiger partial charge in [0.2, 0.25) is 0 Å². The van der Waals surface area contributed by atoms with Crippen molar-refractivity contribution in [3.63, 3.8) is 0 Å². The van der Waals surface area contributed by atoms with Crippen LogP contribution in [-0.2, 0) is 9.53 Å². The Morgan fingerprint density at radius 1 is 1.07 bits per heavy atom. The van der Waals surface area contributed by atoms with Crippen LogP contribution in [-0.4, -0.2) is 23.9 Å². The van der Waals surface area contributed by atoms with E-state index in [-0.39, 0.29) is 10.6 Å². The summed E-state index contributed by atoms with van der Waals surface area (Å²) in [5, 5.41) is 5.80. The molecule has 7 nitrogen and oxygen atoms in total. The number of hydrogen-bond acceptors (Lipinski definition) is 6. The summed E-state index contributed by atoms with van der Waals surface area (Å²) in [5.41, 5.74) is 1.64. The number of nitrogens with one attached hydrogen (secondary N) is 2. The van der Waals surface area contributed by atoms with Gasteiger partial charge in [0.25, 0.3) is 11.8 Å². The number of carbonyl (C=O) groups is 3. The molecule has 1 aromatic carbocycles. The number of carbonyl (C=O) groups excluding carboxylic acids is 3. The first-order valence-electron chi connectivity index (χ1n) is 8.45. The SMILES string of the molecule is Cc1cccc(NC(=O)C(C)OC(=O)c2ccc(NC(=O)c3ccco3)s2)c1. The number of furan rings is 1. The van der Waals surface area contributed by atoms with Crippen molar-refractivity contribution in [3.05, 3.63) is 71.0 Å². The van der Waals surface area contributed by atoms with E-state index in [0.717, 1.165) is 16.9 Å². The van der Waals surface area contributed by atoms with Crippen LogP contribution in [0.5, 0.6) is 0 Å². The van der Waals surface area contributed by atoms with Crippen molar-refractivity contribution in [1.29, 1.82) is 0 Å². The van der Waals surface area contributed by atoms with E-state index in [0.29, 0.717) is 10.7 Å². The molecule has 0 saturated carbocycles. The number of aryl methyl sites for hydroxylation is 1. The molecule has 0 bridgehead atoms. The molecule has 3 aromatic rings. The van der Waals surface area contributed by atoms with Crippen LogP contribution in [0, 0.1) is 6.92 Å². The molecule has 144 valence electrons. The van der Waals surface area contributed by atoms with Crippen LogP contribution in [0.1, 0.15) is 32.7 Å². The molecule has 0 aliphatic carbocycles. The van der Waals surface area contributed by atoms with Gasteiger partial charge in [-0.25, -0.2) is 4.79 Å². The largest absolute Gasteiger partial charge is 0.459 e. The zero-order valence-electron chi connectivity index (χ0n) is 15.2. The molecule has 0 aliphatic rings. The highest BCUT2D eigenvalue weighted by molar-refractivity contribution is 7.18. The van der Waals surface area contributed by atoms with Crippen LogP contribution in [0.3, 0.4) is 0 Å². The van der Waals surface area contributed by atoms with E-state index in [1.165, 1.54) is 25.3 Å². The summed E-state index contributed by atoms with van der Waals surface area (Å²) in [6.45, 7) is 3.41. The number of ether oxygens (including phenoxy) is 1. The van der Waals surface area contributed by atoms with Crippen molar-refractivity contribution in [2.75, 3.05) is 10.6 Å². The predicted molar refractivity (Wildman–Crippen MR) is 106 cm³/mol. The molecule has 2 aromatic heterocycles. The lowest BCUT2D eigenvalue weighted by molar-refractivity contribution is -0.123. The fourth-order valence-electron chi connectivity index (χ4n) is 2.33. The first-order chi connectivity index (χ1) is 13.4. The van der Waals surface area contributed by atoms with Gasteiger partial charge in [0, 0.05) is 5.69 Å². The van der Waals surface area contributed by atoms with Crippen LogP contribution in [0.2, 0.25) is 0 Å². The van der Waals surface area contributed by atoms with Crippen molar-refractivity contribution in [1.82, 2.24) is 0 Å². The minimum absolute atomic E-state index is 0.166. The van der Waals surface area contributed by atoms with Crippen molar-refractivity contribution >= 4 is 39.8 Å². The lowest BCUT2D eigenvalue weighted by Crippen LogP contribution is -2.29. The molecule has 1 atom stereocenters. The summed E-state index contributed by atoms with van der Waals surface area (Å²) in [6, 6.07) is 13.6. The van der Waals surface area contributed by atoms with E-state index in [1.807, 2.05) is 25.1 Å². The van der Waals surface area contributed by atoms with Crippen LogP contribution < -0.4 is 10.6 Å². The summed E-state index contributed by atoms with van der Waals surface area (Å²) in [7, 11) is 0. The minimum Gasteiger partial charge on any atom is -0.459 e. The molecule has 0 aliphatic heterocycles. The molecular weight excluding hydrogens is 380 g/mol. The highest BCUT2D eigenvalue weighted by Crippen LogP contribution is 2.24. The molecule has 2 heterocycles. The van der Waals surface area contributed by atoms with Gasteiger partial charge in [0.1, 0.15) is 4.88 Å². The van der Waals surface area contributed by atoms with Gasteiger partial charge in [-0.3, -0.25) is 9.59 Å². The molecule has 2 N–H and O–H groups in total. The van der Waals surface area contributed by atoms with Gasteiger partial charge < -0.3 is 19.8 Å². The topological polar surface area (TPSA) is 97.6 Å². The van der Waals surface area contributed by atoms with E-state index in [4.69, 9.17) is 9.15 Å². The Labute approximate surface area is 165 Å². The Hall–Kier alpha value is -3.39. The van der Waals surface area contributed by atoms with Crippen molar-refractivity contribution in [2.24, 2.45) is 0 Å². The van der Waals surface area contributed by atoms with Crippen molar-refractivity contribution in [2.45, 2.75) is 20.0 Å². The fourth-order valence-corrected chi connectivity index (χ4v) is 3.12. The first-order valence-corrected chi connectivity index (χ1v) is 9.27. The standard InChI is InChI=1S/C20H18N2O5S/c1-12-5-3-6-14(11-12)21-18(23)13(2)27-20(25)16-8-9-17(28-16)22-19(24)15-7-4-10-26-15/h3-11,13H,1-2H3,(H,21,23)(H,22,24). The molecule has 3 rings (SSSR count). The quantitative estimate of drug-likeness (QED) is 0.610. The Morgan fingerprint density at radius 3 is 2.61 bits per heavy atom. The number of thiophene rings is 1. The normalized spacial score (nSPS) is 11.5. The Balaban J connectivity index is 1.56. The first kappa shape index (κ1) is 19.4. The molecular formula is C20H18N2O5S. The van der Waals surface area contributed by atoms with Crippen LogP contribution in [0.25, 0.3) is 0 Å². The minimum atomic E-state index is -0.976. The van der Waals surface area contributed by atoms with Crippen molar-refractivity contribution in [3.8, 4) is 0 Å². The lowest BCUT2D eigenvalue weighted by atomic mass is 10.2. The second-order valence-corrected chi connectivity index (χ2v) is 7.09. The predicted octanol–water partition coefficient (Wildman–Crippen LogP) is 4.09. The third-order valence-electron chi connectivity index (χ3n) is 3.73. The van der Waals surface area contributed by atoms with Crippen LogP contribution in [0.15, 0.2) is 59.2 Å². The second kappa shape index (κ2) is 8.53. The number of rotatable bonds is 6. The van der Waals surface area contributed by atoms with E-state index in [1.54, 1.807) is 18.2 Å². The van der Waals surface area contributed by atoms with Gasteiger partial charge in [-0.15, -0.1) is 11.3 Å². The highest BCUT2D eigenvalue weighted by atomic mass is 32.1. The summed E-state index contributed by atoms with van der Waals surface area (Å²) in [6.07, 6.45) is 0.422. The average molecular weight is 398 g/mol. The Morgan fingerprint density at radius 2 is 1.89 bits per heavy atom. The van der Waals surface area contributed by atoms with Gasteiger partial charge in [0.05, 0.1) is 11.3 Å². The van der Waals surface area contributed by atoms with E-state index in [2.05, 4.69) is 10.6 Å². The third kappa shape index (κ3) is 4.86. The van der Waals surface area contributed by atoms with E-state index < -0.39 is 23.9 Å². The van der Waals surface area contributed by atoms with Gasteiger partial charge in [0.15, 0.2) is 11.9 Å². The maximum atomic E-state index is 12.3. The molecule has 1 unspecified atom stereocenters. The molecule has 28 heavy (non-hydrogen) atoms. The second-order valence-electron chi connectivity index (χ2n) is 6.00. The van der Waals surface area contributed by atoms with Crippen LogP contribution in [0.4, 0.5) is 10.7 Å². The molecule has 0 fully saturated rings. The van der Waals surface area contributed by atoms with Gasteiger partial charge in [-0.05, 0) is 55.8 Å². The molecule has 2 amide bonds. The van der Waals surface area contributed by atoms with Gasteiger partial charge >= 0.3 is 5.97 Å². The smallest absolute Gasteiger partial charge is 0.349 e. The molecule has 0 saturated heterocycles. The highest BCUT2D eigenvalue weighted by Gasteiger charge is 2.21. The van der Waals surface area contributed by atoms with Crippen LogP contribution >= 0.6 is 11.3 Å². The average Bonchev–Trinajstić information content (AvgIpc) is 3.33. The van der Waals surface area contributed by atoms with Gasteiger partial charge in [-0.1, -0.05) is 12.1 Å². The Bertz CT molecular complexity index is 994. The summed E-state index contributed by atoms with van der Waals surface area (Å²) >= 11 is 1.05. The maximum absolute atomic E-state index is 12.3. The molecule has 0 radical (unpaired) electrons. The number of hydrogen-bond donors (Lipinski definition) is 2. The summed E-state index contributed by atoms with van der Waals surface area (Å²) in [5.74, 6) is -1.33. The summed E-state index contributed by atoms with van der Waals surface area (Å²) < 4.78 is 10.2. The lowest BCUT2D eigenvalue weighted by Gasteiger charge is -2.13. The number of benzene rings is 1. The zero-order chi connectivity index (χ0) is 20.1. The van der Waals surface area contributed by atoms with E-state index in [9.17, 15) is 14.4 Å². The van der Waals surface area contributed by atoms with Gasteiger partial charge in [-0.2, -0.15) is 0 Å². The number of anilines is 2. The zero-order valence-corrected chi connectivity index (χ0v) is 16.0. The number of amides is 2. The fraction of sp³-hybridized carbons (Fsp3) is 0.150. The monoisotopic (exact) mass is 398 g/mol. The number of esters is 1. The third-order valence-corrected chi connectivity index (χ3v) is 4.71. The maximum Gasteiger partial charge on any atom is 0.349 e. The van der Waals surface area contributed by atoms with Crippen molar-refractivity contribution < 1.29 is 23.5 Å².